The molecule has 1 aliphatic carbocycles. The summed E-state index contributed by atoms with van der Waals surface area (Å²) in [6.45, 7) is 2.04. The van der Waals surface area contributed by atoms with Crippen molar-refractivity contribution in [1.82, 2.24) is 14.8 Å². The van der Waals surface area contributed by atoms with Crippen LogP contribution in [0.1, 0.15) is 36.4 Å². The van der Waals surface area contributed by atoms with E-state index in [9.17, 15) is 4.79 Å². The summed E-state index contributed by atoms with van der Waals surface area (Å²) in [7, 11) is 4.73. The molecule has 1 unspecified atom stereocenters. The van der Waals surface area contributed by atoms with E-state index in [0.29, 0.717) is 41.0 Å². The number of anilines is 1. The van der Waals surface area contributed by atoms with Crippen molar-refractivity contribution in [2.75, 3.05) is 26.6 Å². The highest BCUT2D eigenvalue weighted by Gasteiger charge is 2.37. The molecule has 2 heterocycles. The van der Waals surface area contributed by atoms with Gasteiger partial charge in [-0.2, -0.15) is 4.98 Å². The Bertz CT molecular complexity index is 1250. The molecule has 0 saturated carbocycles. The normalized spacial score (nSPS) is 17.2. The van der Waals surface area contributed by atoms with Crippen LogP contribution in [0, 0.1) is 6.92 Å². The van der Waals surface area contributed by atoms with Crippen LogP contribution in [0.3, 0.4) is 0 Å². The summed E-state index contributed by atoms with van der Waals surface area (Å²) in [4.78, 5) is 17.9. The van der Waals surface area contributed by atoms with Crippen LogP contribution in [0.25, 0.3) is 11.4 Å². The number of ketones is 1. The number of aryl methyl sites for hydroxylation is 1. The largest absolute Gasteiger partial charge is 0.493 e. The average molecular weight is 447 g/mol. The van der Waals surface area contributed by atoms with Crippen LogP contribution < -0.4 is 19.5 Å². The fourth-order valence-electron chi connectivity index (χ4n) is 4.63. The number of methoxy groups -OCH3 is 3. The Morgan fingerprint density at radius 3 is 2.45 bits per heavy atom. The van der Waals surface area contributed by atoms with Gasteiger partial charge in [0.1, 0.15) is 6.04 Å². The summed E-state index contributed by atoms with van der Waals surface area (Å²) in [6.07, 6.45) is 2.11. The van der Waals surface area contributed by atoms with E-state index in [1.54, 1.807) is 26.0 Å². The lowest BCUT2D eigenvalue weighted by atomic mass is 9.85. The number of carbonyl (C=O) groups is 1. The van der Waals surface area contributed by atoms with Gasteiger partial charge in [0.05, 0.1) is 21.3 Å². The van der Waals surface area contributed by atoms with Crippen LogP contribution in [0.15, 0.2) is 47.7 Å². The monoisotopic (exact) mass is 446 g/mol. The molecule has 2 aliphatic rings. The molecule has 1 aliphatic heterocycles. The number of fused-ring (bicyclic) bond motifs is 1. The molecule has 1 aromatic heterocycles. The Hall–Kier alpha value is -3.81. The van der Waals surface area contributed by atoms with E-state index in [1.807, 2.05) is 43.3 Å². The van der Waals surface area contributed by atoms with E-state index < -0.39 is 6.04 Å². The van der Waals surface area contributed by atoms with E-state index in [1.165, 1.54) is 0 Å². The van der Waals surface area contributed by atoms with Gasteiger partial charge in [-0.3, -0.25) is 4.79 Å². The molecule has 1 atom stereocenters. The van der Waals surface area contributed by atoms with Crippen LogP contribution >= 0.6 is 0 Å². The fourth-order valence-corrected chi connectivity index (χ4v) is 4.63. The van der Waals surface area contributed by atoms with Crippen LogP contribution in [-0.4, -0.2) is 41.9 Å². The number of ether oxygens (including phenoxy) is 3. The first kappa shape index (κ1) is 21.1. The number of allylic oxidation sites excluding steroid dienone is 2. The molecular formula is C25H26N4O4. The van der Waals surface area contributed by atoms with Gasteiger partial charge in [0, 0.05) is 23.3 Å². The van der Waals surface area contributed by atoms with Gasteiger partial charge in [0.15, 0.2) is 23.1 Å². The zero-order chi connectivity index (χ0) is 23.1. The zero-order valence-electron chi connectivity index (χ0n) is 19.1. The number of hydrogen-bond donors (Lipinski definition) is 1. The molecule has 2 aromatic carbocycles. The number of carbonyl (C=O) groups excluding carboxylic acids is 1. The lowest BCUT2D eigenvalue weighted by Crippen LogP contribution is -2.31. The van der Waals surface area contributed by atoms with Crippen molar-refractivity contribution < 1.29 is 19.0 Å². The minimum absolute atomic E-state index is 0.112. The van der Waals surface area contributed by atoms with E-state index in [-0.39, 0.29) is 5.78 Å². The minimum atomic E-state index is -0.455. The second-order valence-electron chi connectivity index (χ2n) is 8.23. The summed E-state index contributed by atoms with van der Waals surface area (Å²) < 4.78 is 18.5. The lowest BCUT2D eigenvalue weighted by Gasteiger charge is -2.32. The lowest BCUT2D eigenvalue weighted by molar-refractivity contribution is -0.116. The predicted octanol–water partition coefficient (Wildman–Crippen LogP) is 4.30. The number of nitrogens with one attached hydrogen (secondary N) is 1. The molecule has 0 radical (unpaired) electrons. The summed E-state index contributed by atoms with van der Waals surface area (Å²) >= 11 is 0. The highest BCUT2D eigenvalue weighted by atomic mass is 16.5. The minimum Gasteiger partial charge on any atom is -0.493 e. The summed E-state index contributed by atoms with van der Waals surface area (Å²) in [6, 6.07) is 11.4. The molecule has 1 N–H and O–H groups in total. The Morgan fingerprint density at radius 2 is 1.79 bits per heavy atom. The molecule has 170 valence electrons. The van der Waals surface area contributed by atoms with Crippen molar-refractivity contribution in [3.8, 4) is 28.6 Å². The van der Waals surface area contributed by atoms with Gasteiger partial charge in [0.25, 0.3) is 0 Å². The third kappa shape index (κ3) is 3.51. The standard InChI is InChI=1S/C25H26N4O4/c1-14-7-5-8-15(11-14)24-27-25-26-17-9-6-10-18(30)21(17)22(29(25)28-24)16-12-19(31-2)23(33-4)20(13-16)32-3/h5,7-8,11-13,22H,6,9-10H2,1-4H3,(H,26,27,28). The number of aromatic nitrogens is 3. The molecule has 3 aromatic rings. The first-order chi connectivity index (χ1) is 16.0. The topological polar surface area (TPSA) is 87.5 Å². The Balaban J connectivity index is 1.72. The summed E-state index contributed by atoms with van der Waals surface area (Å²) in [5.74, 6) is 2.87. The first-order valence-corrected chi connectivity index (χ1v) is 10.9. The molecule has 0 amide bonds. The average Bonchev–Trinajstić information content (AvgIpc) is 3.25. The van der Waals surface area contributed by atoms with Crippen molar-refractivity contribution in [3.63, 3.8) is 0 Å². The van der Waals surface area contributed by atoms with Gasteiger partial charge < -0.3 is 19.5 Å². The number of benzene rings is 2. The number of Topliss-reactive ketones (excluding diaryl/α,β-unsaturated/α-hetero) is 1. The Morgan fingerprint density at radius 1 is 1.03 bits per heavy atom. The fraction of sp³-hybridized carbons (Fsp3) is 0.320. The van der Waals surface area contributed by atoms with E-state index in [2.05, 4.69) is 5.32 Å². The molecular weight excluding hydrogens is 420 g/mol. The second kappa shape index (κ2) is 8.27. The van der Waals surface area contributed by atoms with Crippen LogP contribution in [0.5, 0.6) is 17.2 Å². The summed E-state index contributed by atoms with van der Waals surface area (Å²) in [5.41, 5.74) is 4.48. The second-order valence-corrected chi connectivity index (χ2v) is 8.23. The molecule has 8 heteroatoms. The van der Waals surface area contributed by atoms with Crippen molar-refractivity contribution in [2.24, 2.45) is 0 Å². The maximum atomic E-state index is 13.1. The Kier molecular flexibility index (Phi) is 5.28. The van der Waals surface area contributed by atoms with Crippen molar-refractivity contribution in [1.29, 1.82) is 0 Å². The molecule has 0 spiro atoms. The van der Waals surface area contributed by atoms with E-state index >= 15 is 0 Å². The number of nitrogens with zero attached hydrogens (tertiary/aromatic N) is 3. The van der Waals surface area contributed by atoms with Gasteiger partial charge in [0.2, 0.25) is 11.7 Å². The molecule has 0 saturated heterocycles. The first-order valence-electron chi connectivity index (χ1n) is 10.9. The predicted molar refractivity (Wildman–Crippen MR) is 124 cm³/mol. The van der Waals surface area contributed by atoms with Crippen LogP contribution in [0.2, 0.25) is 0 Å². The molecule has 5 rings (SSSR count). The van der Waals surface area contributed by atoms with Crippen LogP contribution in [-0.2, 0) is 4.79 Å². The molecule has 33 heavy (non-hydrogen) atoms. The summed E-state index contributed by atoms with van der Waals surface area (Å²) in [5, 5.41) is 8.22. The number of rotatable bonds is 5. The van der Waals surface area contributed by atoms with Gasteiger partial charge in [-0.25, -0.2) is 4.68 Å². The maximum Gasteiger partial charge on any atom is 0.226 e. The van der Waals surface area contributed by atoms with Crippen molar-refractivity contribution >= 4 is 11.7 Å². The van der Waals surface area contributed by atoms with E-state index in [4.69, 9.17) is 24.3 Å². The Labute approximate surface area is 192 Å². The molecule has 0 bridgehead atoms. The molecule has 8 nitrogen and oxygen atoms in total. The quantitative estimate of drug-likeness (QED) is 0.625. The SMILES string of the molecule is COc1cc(C2C3=C(CCCC3=O)Nc3nc(-c4cccc(C)c4)nn32)cc(OC)c1OC. The number of hydrogen-bond acceptors (Lipinski definition) is 7. The maximum absolute atomic E-state index is 13.1. The zero-order valence-corrected chi connectivity index (χ0v) is 19.1. The third-order valence-corrected chi connectivity index (χ3v) is 6.15. The van der Waals surface area contributed by atoms with Gasteiger partial charge in [-0.1, -0.05) is 23.8 Å². The molecule has 0 fully saturated rings. The van der Waals surface area contributed by atoms with Crippen molar-refractivity contribution in [2.45, 2.75) is 32.2 Å². The van der Waals surface area contributed by atoms with Crippen LogP contribution in [0.4, 0.5) is 5.95 Å². The van der Waals surface area contributed by atoms with Gasteiger partial charge in [-0.05, 0) is 43.5 Å². The van der Waals surface area contributed by atoms with Gasteiger partial charge in [-0.15, -0.1) is 5.10 Å². The smallest absolute Gasteiger partial charge is 0.226 e. The third-order valence-electron chi connectivity index (χ3n) is 6.15. The van der Waals surface area contributed by atoms with Crippen molar-refractivity contribution in [3.05, 3.63) is 58.8 Å². The highest BCUT2D eigenvalue weighted by Crippen LogP contribution is 2.45. The van der Waals surface area contributed by atoms with E-state index in [0.717, 1.165) is 35.2 Å². The highest BCUT2D eigenvalue weighted by molar-refractivity contribution is 5.99. The van der Waals surface area contributed by atoms with Gasteiger partial charge >= 0.3 is 0 Å².